The number of nitrogens with one attached hydrogen (secondary N) is 1. The largest absolute Gasteiger partial charge is 0.356 e. The molecule has 1 N–H and O–H groups in total. The number of hydrogen-bond acceptors (Lipinski definition) is 5. The molecule has 4 rings (SSSR count). The second-order valence-electron chi connectivity index (χ2n) is 7.70. The fourth-order valence-electron chi connectivity index (χ4n) is 4.10. The first-order valence-electron chi connectivity index (χ1n) is 10.0. The van der Waals surface area contributed by atoms with E-state index in [4.69, 9.17) is 11.6 Å². The molecule has 5 nitrogen and oxygen atoms in total. The van der Waals surface area contributed by atoms with Crippen molar-refractivity contribution in [1.29, 1.82) is 0 Å². The molecule has 0 radical (unpaired) electrons. The Kier molecular flexibility index (Phi) is 5.74. The van der Waals surface area contributed by atoms with Crippen molar-refractivity contribution in [1.82, 2.24) is 9.97 Å². The highest BCUT2D eigenvalue weighted by Crippen LogP contribution is 2.37. The monoisotopic (exact) mass is 428 g/mol. The van der Waals surface area contributed by atoms with Gasteiger partial charge in [0.15, 0.2) is 0 Å². The van der Waals surface area contributed by atoms with E-state index in [2.05, 4.69) is 27.2 Å². The molecule has 1 saturated carbocycles. The maximum absolute atomic E-state index is 13.0. The van der Waals surface area contributed by atoms with E-state index in [-0.39, 0.29) is 5.91 Å². The number of aromatic nitrogens is 2. The molecular formula is C22H25ClN4OS. The first-order valence-corrected chi connectivity index (χ1v) is 11.2. The van der Waals surface area contributed by atoms with E-state index in [0.717, 1.165) is 32.8 Å². The van der Waals surface area contributed by atoms with Crippen LogP contribution < -0.4 is 10.2 Å². The molecule has 0 aliphatic heterocycles. The lowest BCUT2D eigenvalue weighted by molar-refractivity contribution is 0.103. The van der Waals surface area contributed by atoms with Crippen molar-refractivity contribution in [3.05, 3.63) is 45.6 Å². The Morgan fingerprint density at radius 1 is 1.17 bits per heavy atom. The number of aryl methyl sites for hydroxylation is 1. The van der Waals surface area contributed by atoms with Gasteiger partial charge in [-0.2, -0.15) is 0 Å². The number of benzene rings is 1. The van der Waals surface area contributed by atoms with Crippen molar-refractivity contribution in [2.24, 2.45) is 0 Å². The second kappa shape index (κ2) is 8.28. The van der Waals surface area contributed by atoms with Crippen LogP contribution in [0.25, 0.3) is 10.2 Å². The minimum atomic E-state index is -0.137. The molecule has 152 valence electrons. The van der Waals surface area contributed by atoms with E-state index in [1.54, 1.807) is 6.33 Å². The third-order valence-electron chi connectivity index (χ3n) is 5.89. The summed E-state index contributed by atoms with van der Waals surface area (Å²) in [6.45, 7) is 3.89. The van der Waals surface area contributed by atoms with Crippen LogP contribution in [-0.2, 0) is 0 Å². The molecule has 2 aromatic heterocycles. The van der Waals surface area contributed by atoms with E-state index in [1.807, 2.05) is 32.0 Å². The van der Waals surface area contributed by atoms with Crippen molar-refractivity contribution >= 4 is 50.6 Å². The van der Waals surface area contributed by atoms with Gasteiger partial charge in [-0.25, -0.2) is 9.97 Å². The van der Waals surface area contributed by atoms with Crippen LogP contribution in [0.3, 0.4) is 0 Å². The number of rotatable bonds is 4. The average Bonchev–Trinajstić information content (AvgIpc) is 3.08. The molecule has 0 saturated heterocycles. The number of nitrogens with zero attached hydrogens (tertiary/aromatic N) is 3. The SMILES string of the molecule is Cc1c(Cl)cccc1NC(=O)c1sc2ncnc(N(C)C3CCCCC3)c2c1C. The molecule has 0 unspecified atom stereocenters. The van der Waals surface area contributed by atoms with Gasteiger partial charge in [0.1, 0.15) is 17.0 Å². The predicted octanol–water partition coefficient (Wildman–Crippen LogP) is 5.98. The van der Waals surface area contributed by atoms with Gasteiger partial charge in [0.25, 0.3) is 5.91 Å². The van der Waals surface area contributed by atoms with Gasteiger partial charge in [0.05, 0.1) is 10.3 Å². The normalized spacial score (nSPS) is 14.9. The fraction of sp³-hybridized carbons (Fsp3) is 0.409. The Hall–Kier alpha value is -2.18. The molecule has 2 heterocycles. The Morgan fingerprint density at radius 3 is 2.69 bits per heavy atom. The van der Waals surface area contributed by atoms with E-state index in [9.17, 15) is 4.79 Å². The predicted molar refractivity (Wildman–Crippen MR) is 122 cm³/mol. The summed E-state index contributed by atoms with van der Waals surface area (Å²) in [6.07, 6.45) is 7.82. The Bertz CT molecular complexity index is 1060. The highest BCUT2D eigenvalue weighted by molar-refractivity contribution is 7.20. The number of carbonyl (C=O) groups is 1. The molecule has 3 aromatic rings. The highest BCUT2D eigenvalue weighted by Gasteiger charge is 2.25. The standard InChI is InChI=1S/C22H25ClN4OS/c1-13-16(23)10-7-11-17(13)26-21(28)19-14(2)18-20(24-12-25-22(18)29-19)27(3)15-8-5-4-6-9-15/h7,10-12,15H,4-6,8-9H2,1-3H3,(H,26,28). The zero-order valence-corrected chi connectivity index (χ0v) is 18.5. The molecule has 1 aliphatic carbocycles. The van der Waals surface area contributed by atoms with Gasteiger partial charge in [-0.3, -0.25) is 4.79 Å². The first kappa shape index (κ1) is 20.1. The number of hydrogen-bond donors (Lipinski definition) is 1. The molecule has 1 amide bonds. The Balaban J connectivity index is 1.69. The third-order valence-corrected chi connectivity index (χ3v) is 7.49. The molecular weight excluding hydrogens is 404 g/mol. The van der Waals surface area contributed by atoms with Crippen LogP contribution in [0.15, 0.2) is 24.5 Å². The lowest BCUT2D eigenvalue weighted by atomic mass is 9.94. The van der Waals surface area contributed by atoms with Gasteiger partial charge in [-0.1, -0.05) is 36.9 Å². The van der Waals surface area contributed by atoms with E-state index in [0.29, 0.717) is 15.9 Å². The zero-order valence-electron chi connectivity index (χ0n) is 17.0. The molecule has 0 spiro atoms. The molecule has 1 fully saturated rings. The number of thiophene rings is 1. The van der Waals surface area contributed by atoms with Crippen LogP contribution in [0, 0.1) is 13.8 Å². The summed E-state index contributed by atoms with van der Waals surface area (Å²) in [4.78, 5) is 25.9. The third kappa shape index (κ3) is 3.83. The second-order valence-corrected chi connectivity index (χ2v) is 9.11. The van der Waals surface area contributed by atoms with E-state index >= 15 is 0 Å². The van der Waals surface area contributed by atoms with Gasteiger partial charge in [-0.05, 0) is 49.9 Å². The summed E-state index contributed by atoms with van der Waals surface area (Å²) in [6, 6.07) is 6.02. The zero-order chi connectivity index (χ0) is 20.5. The van der Waals surface area contributed by atoms with Gasteiger partial charge in [0.2, 0.25) is 0 Å². The summed E-state index contributed by atoms with van der Waals surface area (Å²) in [5.74, 6) is 0.788. The summed E-state index contributed by atoms with van der Waals surface area (Å²) in [5.41, 5.74) is 2.52. The van der Waals surface area contributed by atoms with Crippen LogP contribution in [-0.4, -0.2) is 29.0 Å². The van der Waals surface area contributed by atoms with Crippen LogP contribution in [0.5, 0.6) is 0 Å². The lowest BCUT2D eigenvalue weighted by Gasteiger charge is -2.32. The van der Waals surface area contributed by atoms with Gasteiger partial charge in [-0.15, -0.1) is 11.3 Å². The van der Waals surface area contributed by atoms with Crippen molar-refractivity contribution < 1.29 is 4.79 Å². The molecule has 0 bridgehead atoms. The summed E-state index contributed by atoms with van der Waals surface area (Å²) in [7, 11) is 2.12. The average molecular weight is 429 g/mol. The van der Waals surface area contributed by atoms with Crippen molar-refractivity contribution in [2.45, 2.75) is 52.0 Å². The topological polar surface area (TPSA) is 58.1 Å². The maximum atomic E-state index is 13.0. The van der Waals surface area contributed by atoms with Crippen LogP contribution >= 0.6 is 22.9 Å². The molecule has 1 aliphatic rings. The van der Waals surface area contributed by atoms with Crippen molar-refractivity contribution in [3.8, 4) is 0 Å². The quantitative estimate of drug-likeness (QED) is 0.555. The molecule has 1 aromatic carbocycles. The summed E-state index contributed by atoms with van der Waals surface area (Å²) < 4.78 is 0. The summed E-state index contributed by atoms with van der Waals surface area (Å²) in [5, 5.41) is 4.63. The number of fused-ring (bicyclic) bond motifs is 1. The van der Waals surface area contributed by atoms with Crippen LogP contribution in [0.1, 0.15) is 52.9 Å². The summed E-state index contributed by atoms with van der Waals surface area (Å²) >= 11 is 7.61. The van der Waals surface area contributed by atoms with Crippen LogP contribution in [0.4, 0.5) is 11.5 Å². The number of carbonyl (C=O) groups excluding carboxylic acids is 1. The van der Waals surface area contributed by atoms with Gasteiger partial charge < -0.3 is 10.2 Å². The minimum Gasteiger partial charge on any atom is -0.356 e. The number of amides is 1. The lowest BCUT2D eigenvalue weighted by Crippen LogP contribution is -2.34. The fourth-order valence-corrected chi connectivity index (χ4v) is 5.31. The molecule has 7 heteroatoms. The number of halogens is 1. The highest BCUT2D eigenvalue weighted by atomic mass is 35.5. The molecule has 29 heavy (non-hydrogen) atoms. The first-order chi connectivity index (χ1) is 14.0. The Labute approximate surface area is 180 Å². The smallest absolute Gasteiger partial charge is 0.266 e. The van der Waals surface area contributed by atoms with E-state index in [1.165, 1.54) is 43.4 Å². The van der Waals surface area contributed by atoms with E-state index < -0.39 is 0 Å². The van der Waals surface area contributed by atoms with Gasteiger partial charge >= 0.3 is 0 Å². The van der Waals surface area contributed by atoms with Crippen molar-refractivity contribution in [3.63, 3.8) is 0 Å². The van der Waals surface area contributed by atoms with Crippen molar-refractivity contribution in [2.75, 3.05) is 17.3 Å². The minimum absolute atomic E-state index is 0.137. The maximum Gasteiger partial charge on any atom is 0.266 e. The van der Waals surface area contributed by atoms with Crippen LogP contribution in [0.2, 0.25) is 5.02 Å². The molecule has 0 atom stereocenters. The Morgan fingerprint density at radius 2 is 1.93 bits per heavy atom. The number of anilines is 2. The van der Waals surface area contributed by atoms with Gasteiger partial charge in [0, 0.05) is 23.8 Å².